The number of hydrogen-bond donors (Lipinski definition) is 2. The van der Waals surface area contributed by atoms with E-state index in [0.717, 1.165) is 31.2 Å². The van der Waals surface area contributed by atoms with Gasteiger partial charge in [0.15, 0.2) is 0 Å². The van der Waals surface area contributed by atoms with Gasteiger partial charge in [-0.25, -0.2) is 4.79 Å². The SMILES string of the molecule is O=C(NC1CCCCC1O)OCc1cccnc1. The first kappa shape index (κ1) is 12.8. The Morgan fingerprint density at radius 1 is 1.50 bits per heavy atom. The molecule has 1 saturated carbocycles. The van der Waals surface area contributed by atoms with Crippen molar-refractivity contribution in [3.63, 3.8) is 0 Å². The fourth-order valence-corrected chi connectivity index (χ4v) is 2.11. The summed E-state index contributed by atoms with van der Waals surface area (Å²) < 4.78 is 5.08. The Labute approximate surface area is 106 Å². The van der Waals surface area contributed by atoms with Gasteiger partial charge in [0.2, 0.25) is 0 Å². The first-order chi connectivity index (χ1) is 8.75. The lowest BCUT2D eigenvalue weighted by Crippen LogP contribution is -2.45. The molecule has 98 valence electrons. The fourth-order valence-electron chi connectivity index (χ4n) is 2.11. The quantitative estimate of drug-likeness (QED) is 0.855. The molecule has 0 spiro atoms. The van der Waals surface area contributed by atoms with Crippen LogP contribution in [0, 0.1) is 0 Å². The van der Waals surface area contributed by atoms with Crippen LogP contribution in [0.1, 0.15) is 31.2 Å². The summed E-state index contributed by atoms with van der Waals surface area (Å²) in [5.74, 6) is 0. The van der Waals surface area contributed by atoms with Crippen molar-refractivity contribution in [3.8, 4) is 0 Å². The number of aliphatic hydroxyl groups is 1. The fraction of sp³-hybridized carbons (Fsp3) is 0.538. The zero-order chi connectivity index (χ0) is 12.8. The number of carbonyl (C=O) groups excluding carboxylic acids is 1. The second-order valence-corrected chi connectivity index (χ2v) is 4.54. The van der Waals surface area contributed by atoms with Crippen molar-refractivity contribution in [1.29, 1.82) is 0 Å². The van der Waals surface area contributed by atoms with Crippen LogP contribution in [0.25, 0.3) is 0 Å². The van der Waals surface area contributed by atoms with E-state index in [9.17, 15) is 9.90 Å². The van der Waals surface area contributed by atoms with E-state index in [4.69, 9.17) is 4.74 Å². The van der Waals surface area contributed by atoms with Crippen molar-refractivity contribution in [2.45, 2.75) is 44.4 Å². The van der Waals surface area contributed by atoms with Crippen molar-refractivity contribution < 1.29 is 14.6 Å². The van der Waals surface area contributed by atoms with Crippen LogP contribution in [0.5, 0.6) is 0 Å². The number of alkyl carbamates (subject to hydrolysis) is 1. The summed E-state index contributed by atoms with van der Waals surface area (Å²) in [5, 5.41) is 12.4. The maximum Gasteiger partial charge on any atom is 0.407 e. The largest absolute Gasteiger partial charge is 0.445 e. The molecular weight excluding hydrogens is 232 g/mol. The number of rotatable bonds is 3. The lowest BCUT2D eigenvalue weighted by Gasteiger charge is -2.27. The second-order valence-electron chi connectivity index (χ2n) is 4.54. The lowest BCUT2D eigenvalue weighted by molar-refractivity contribution is 0.0781. The van der Waals surface area contributed by atoms with E-state index in [2.05, 4.69) is 10.3 Å². The molecule has 0 radical (unpaired) electrons. The molecule has 1 aliphatic carbocycles. The molecule has 2 rings (SSSR count). The van der Waals surface area contributed by atoms with Gasteiger partial charge < -0.3 is 15.2 Å². The average molecular weight is 250 g/mol. The number of pyridine rings is 1. The number of amides is 1. The Hall–Kier alpha value is -1.62. The van der Waals surface area contributed by atoms with Gasteiger partial charge in [-0.15, -0.1) is 0 Å². The summed E-state index contributed by atoms with van der Waals surface area (Å²) in [6.07, 6.45) is 5.99. The predicted molar refractivity (Wildman–Crippen MR) is 65.8 cm³/mol. The molecule has 1 aromatic rings. The molecule has 2 unspecified atom stereocenters. The lowest BCUT2D eigenvalue weighted by atomic mass is 9.93. The van der Waals surface area contributed by atoms with Gasteiger partial charge in [-0.05, 0) is 18.9 Å². The third kappa shape index (κ3) is 3.70. The minimum absolute atomic E-state index is 0.180. The number of hydrogen-bond acceptors (Lipinski definition) is 4. The molecule has 0 saturated heterocycles. The van der Waals surface area contributed by atoms with Gasteiger partial charge in [0.05, 0.1) is 12.1 Å². The van der Waals surface area contributed by atoms with Gasteiger partial charge >= 0.3 is 6.09 Å². The molecule has 0 bridgehead atoms. The smallest absolute Gasteiger partial charge is 0.407 e. The van der Waals surface area contributed by atoms with Crippen molar-refractivity contribution in [2.24, 2.45) is 0 Å². The minimum atomic E-state index is -0.482. The molecule has 1 fully saturated rings. The number of aromatic nitrogens is 1. The van der Waals surface area contributed by atoms with E-state index in [1.165, 1.54) is 0 Å². The average Bonchev–Trinajstić information content (AvgIpc) is 2.40. The summed E-state index contributed by atoms with van der Waals surface area (Å²) in [6, 6.07) is 3.46. The van der Waals surface area contributed by atoms with Gasteiger partial charge in [0.25, 0.3) is 0 Å². The van der Waals surface area contributed by atoms with E-state index in [1.807, 2.05) is 6.07 Å². The van der Waals surface area contributed by atoms with E-state index in [1.54, 1.807) is 18.5 Å². The molecule has 1 aromatic heterocycles. The molecule has 18 heavy (non-hydrogen) atoms. The molecule has 5 heteroatoms. The summed E-state index contributed by atoms with van der Waals surface area (Å²) >= 11 is 0. The van der Waals surface area contributed by atoms with Gasteiger partial charge in [-0.1, -0.05) is 18.9 Å². The third-order valence-electron chi connectivity index (χ3n) is 3.13. The first-order valence-corrected chi connectivity index (χ1v) is 6.26. The van der Waals surface area contributed by atoms with Crippen LogP contribution < -0.4 is 5.32 Å². The van der Waals surface area contributed by atoms with Crippen molar-refractivity contribution in [3.05, 3.63) is 30.1 Å². The summed E-state index contributed by atoms with van der Waals surface area (Å²) in [5.41, 5.74) is 0.844. The highest BCUT2D eigenvalue weighted by atomic mass is 16.5. The molecular formula is C13H18N2O3. The summed E-state index contributed by atoms with van der Waals surface area (Å²) in [6.45, 7) is 0.197. The van der Waals surface area contributed by atoms with Crippen LogP contribution in [0.2, 0.25) is 0 Å². The number of carbonyl (C=O) groups is 1. The van der Waals surface area contributed by atoms with Crippen LogP contribution in [-0.2, 0) is 11.3 Å². The summed E-state index contributed by atoms with van der Waals surface area (Å²) in [4.78, 5) is 15.5. The number of nitrogens with zero attached hydrogens (tertiary/aromatic N) is 1. The number of aliphatic hydroxyl groups excluding tert-OH is 1. The molecule has 2 N–H and O–H groups in total. The van der Waals surface area contributed by atoms with E-state index < -0.39 is 12.2 Å². The first-order valence-electron chi connectivity index (χ1n) is 6.26. The third-order valence-corrected chi connectivity index (χ3v) is 3.13. The highest BCUT2D eigenvalue weighted by molar-refractivity contribution is 5.67. The summed E-state index contributed by atoms with van der Waals surface area (Å²) in [7, 11) is 0. The van der Waals surface area contributed by atoms with Gasteiger partial charge in [0, 0.05) is 18.0 Å². The van der Waals surface area contributed by atoms with Crippen LogP contribution in [-0.4, -0.2) is 28.3 Å². The maximum atomic E-state index is 11.6. The van der Waals surface area contributed by atoms with Crippen LogP contribution >= 0.6 is 0 Å². The molecule has 1 aliphatic rings. The molecule has 1 amide bonds. The molecule has 1 heterocycles. The van der Waals surface area contributed by atoms with Gasteiger partial charge in [0.1, 0.15) is 6.61 Å². The van der Waals surface area contributed by atoms with Gasteiger partial charge in [-0.2, -0.15) is 0 Å². The number of nitrogens with one attached hydrogen (secondary N) is 1. The highest BCUT2D eigenvalue weighted by Gasteiger charge is 2.24. The monoisotopic (exact) mass is 250 g/mol. The van der Waals surface area contributed by atoms with Crippen LogP contribution in [0.15, 0.2) is 24.5 Å². The van der Waals surface area contributed by atoms with Crippen LogP contribution in [0.3, 0.4) is 0 Å². The second kappa shape index (κ2) is 6.35. The Morgan fingerprint density at radius 2 is 2.33 bits per heavy atom. The Morgan fingerprint density at radius 3 is 3.06 bits per heavy atom. The van der Waals surface area contributed by atoms with Crippen molar-refractivity contribution in [1.82, 2.24) is 10.3 Å². The van der Waals surface area contributed by atoms with E-state index in [-0.39, 0.29) is 12.6 Å². The standard InChI is InChI=1S/C13H18N2O3/c16-12-6-2-1-5-11(12)15-13(17)18-9-10-4-3-7-14-8-10/h3-4,7-8,11-12,16H,1-2,5-6,9H2,(H,15,17). The predicted octanol–water partition coefficient (Wildman–Crippen LogP) is 1.61. The molecule has 0 aliphatic heterocycles. The molecule has 5 nitrogen and oxygen atoms in total. The maximum absolute atomic E-state index is 11.6. The molecule has 0 aromatic carbocycles. The Balaban J connectivity index is 1.75. The Bertz CT molecular complexity index is 383. The van der Waals surface area contributed by atoms with Gasteiger partial charge in [-0.3, -0.25) is 4.98 Å². The minimum Gasteiger partial charge on any atom is -0.445 e. The zero-order valence-electron chi connectivity index (χ0n) is 10.2. The normalized spacial score (nSPS) is 23.4. The highest BCUT2D eigenvalue weighted by Crippen LogP contribution is 2.18. The Kier molecular flexibility index (Phi) is 4.52. The zero-order valence-corrected chi connectivity index (χ0v) is 10.2. The van der Waals surface area contributed by atoms with Crippen LogP contribution in [0.4, 0.5) is 4.79 Å². The van der Waals surface area contributed by atoms with Crippen molar-refractivity contribution in [2.75, 3.05) is 0 Å². The van der Waals surface area contributed by atoms with Crippen molar-refractivity contribution >= 4 is 6.09 Å². The molecule has 2 atom stereocenters. The topological polar surface area (TPSA) is 71.5 Å². The van der Waals surface area contributed by atoms with E-state index in [0.29, 0.717) is 0 Å². The van der Waals surface area contributed by atoms with E-state index >= 15 is 0 Å². The number of ether oxygens (including phenoxy) is 1.